The van der Waals surface area contributed by atoms with Gasteiger partial charge in [0, 0.05) is 25.2 Å². The van der Waals surface area contributed by atoms with Gasteiger partial charge in [0.05, 0.1) is 6.10 Å². The number of carbonyl (C=O) groups is 1. The molecule has 2 N–H and O–H groups in total. The van der Waals surface area contributed by atoms with Gasteiger partial charge in [-0.1, -0.05) is 25.1 Å². The SMILES string of the molecule is CC1CN(C(=O)[C@@H]2Cc3ccccc3N2)CCC1O. The van der Waals surface area contributed by atoms with Crippen LogP contribution in [0.3, 0.4) is 0 Å². The number of para-hydroxylation sites is 1. The van der Waals surface area contributed by atoms with Gasteiger partial charge in [0.2, 0.25) is 5.91 Å². The van der Waals surface area contributed by atoms with E-state index in [0.717, 1.165) is 12.1 Å². The summed E-state index contributed by atoms with van der Waals surface area (Å²) in [4.78, 5) is 14.4. The Hall–Kier alpha value is -1.55. The van der Waals surface area contributed by atoms with Gasteiger partial charge >= 0.3 is 0 Å². The molecule has 1 aromatic rings. The zero-order valence-electron chi connectivity index (χ0n) is 11.2. The van der Waals surface area contributed by atoms with E-state index in [1.165, 1.54) is 5.56 Å². The summed E-state index contributed by atoms with van der Waals surface area (Å²) in [6, 6.07) is 7.94. The van der Waals surface area contributed by atoms with Crippen LogP contribution in [0.25, 0.3) is 0 Å². The molecule has 2 unspecified atom stereocenters. The number of aliphatic hydroxyl groups is 1. The molecule has 1 amide bonds. The van der Waals surface area contributed by atoms with Crippen LogP contribution in [0.1, 0.15) is 18.9 Å². The lowest BCUT2D eigenvalue weighted by molar-refractivity contribution is -0.135. The lowest BCUT2D eigenvalue weighted by Gasteiger charge is -2.35. The molecule has 0 bridgehead atoms. The van der Waals surface area contributed by atoms with Crippen molar-refractivity contribution in [1.82, 2.24) is 4.90 Å². The number of anilines is 1. The average molecular weight is 260 g/mol. The lowest BCUT2D eigenvalue weighted by atomic mass is 9.96. The first kappa shape index (κ1) is 12.5. The first-order valence-corrected chi connectivity index (χ1v) is 6.96. The minimum absolute atomic E-state index is 0.139. The summed E-state index contributed by atoms with van der Waals surface area (Å²) in [6.45, 7) is 3.33. The summed E-state index contributed by atoms with van der Waals surface area (Å²) in [7, 11) is 0. The van der Waals surface area contributed by atoms with Crippen LogP contribution in [-0.2, 0) is 11.2 Å². The fraction of sp³-hybridized carbons (Fsp3) is 0.533. The predicted molar refractivity (Wildman–Crippen MR) is 73.9 cm³/mol. The van der Waals surface area contributed by atoms with E-state index < -0.39 is 0 Å². The molecule has 2 aliphatic heterocycles. The van der Waals surface area contributed by atoms with E-state index in [4.69, 9.17) is 0 Å². The molecule has 4 nitrogen and oxygen atoms in total. The normalized spacial score (nSPS) is 29.8. The van der Waals surface area contributed by atoms with E-state index in [1.807, 2.05) is 30.0 Å². The second kappa shape index (κ2) is 4.85. The molecule has 0 spiro atoms. The Morgan fingerprint density at radius 2 is 2.21 bits per heavy atom. The van der Waals surface area contributed by atoms with Crippen molar-refractivity contribution in [3.8, 4) is 0 Å². The second-order valence-corrected chi connectivity index (χ2v) is 5.68. The molecule has 0 aliphatic carbocycles. The van der Waals surface area contributed by atoms with Gasteiger partial charge in [-0.2, -0.15) is 0 Å². The van der Waals surface area contributed by atoms with Gasteiger partial charge < -0.3 is 15.3 Å². The number of likely N-dealkylation sites (tertiary alicyclic amines) is 1. The highest BCUT2D eigenvalue weighted by atomic mass is 16.3. The van der Waals surface area contributed by atoms with Crippen LogP contribution in [0.4, 0.5) is 5.69 Å². The van der Waals surface area contributed by atoms with Crippen LogP contribution in [0.2, 0.25) is 0 Å². The standard InChI is InChI=1S/C15H20N2O2/c1-10-9-17(7-6-14(10)18)15(19)13-8-11-4-2-3-5-12(11)16-13/h2-5,10,13-14,16,18H,6-9H2,1H3/t10?,13-,14?/m0/s1. The number of amides is 1. The van der Waals surface area contributed by atoms with Crippen LogP contribution in [0.15, 0.2) is 24.3 Å². The van der Waals surface area contributed by atoms with E-state index >= 15 is 0 Å². The number of piperidine rings is 1. The van der Waals surface area contributed by atoms with Gasteiger partial charge in [-0.25, -0.2) is 0 Å². The van der Waals surface area contributed by atoms with Crippen molar-refractivity contribution in [2.24, 2.45) is 5.92 Å². The summed E-state index contributed by atoms with van der Waals surface area (Å²) < 4.78 is 0. The third kappa shape index (κ3) is 2.32. The molecule has 1 fully saturated rings. The first-order valence-electron chi connectivity index (χ1n) is 6.96. The van der Waals surface area contributed by atoms with E-state index in [0.29, 0.717) is 19.5 Å². The first-order chi connectivity index (χ1) is 9.15. The molecule has 1 aromatic carbocycles. The van der Waals surface area contributed by atoms with Crippen molar-refractivity contribution in [3.05, 3.63) is 29.8 Å². The number of hydrogen-bond acceptors (Lipinski definition) is 3. The summed E-state index contributed by atoms with van der Waals surface area (Å²) in [5.74, 6) is 0.330. The Bertz CT molecular complexity index is 464. The van der Waals surface area contributed by atoms with Crippen LogP contribution >= 0.6 is 0 Å². The van der Waals surface area contributed by atoms with Gasteiger partial charge in [0.1, 0.15) is 6.04 Å². The van der Waals surface area contributed by atoms with Crippen LogP contribution < -0.4 is 5.32 Å². The number of fused-ring (bicyclic) bond motifs is 1. The van der Waals surface area contributed by atoms with Crippen LogP contribution in [0, 0.1) is 5.92 Å². The fourth-order valence-corrected chi connectivity index (χ4v) is 3.00. The van der Waals surface area contributed by atoms with E-state index in [2.05, 4.69) is 11.4 Å². The van der Waals surface area contributed by atoms with E-state index in [1.54, 1.807) is 0 Å². The maximum Gasteiger partial charge on any atom is 0.245 e. The molecule has 3 atom stereocenters. The quantitative estimate of drug-likeness (QED) is 0.799. The molecule has 0 radical (unpaired) electrons. The molecule has 0 aromatic heterocycles. The van der Waals surface area contributed by atoms with Gasteiger partial charge in [-0.3, -0.25) is 4.79 Å². The van der Waals surface area contributed by atoms with Crippen molar-refractivity contribution in [1.29, 1.82) is 0 Å². The predicted octanol–water partition coefficient (Wildman–Crippen LogP) is 1.25. The van der Waals surface area contributed by atoms with E-state index in [-0.39, 0.29) is 24.0 Å². The Morgan fingerprint density at radius 1 is 1.42 bits per heavy atom. The van der Waals surface area contributed by atoms with Gasteiger partial charge in [-0.15, -0.1) is 0 Å². The van der Waals surface area contributed by atoms with Crippen molar-refractivity contribution >= 4 is 11.6 Å². The Morgan fingerprint density at radius 3 is 2.95 bits per heavy atom. The third-order valence-electron chi connectivity index (χ3n) is 4.24. The van der Waals surface area contributed by atoms with Gasteiger partial charge in [0.25, 0.3) is 0 Å². The van der Waals surface area contributed by atoms with E-state index in [9.17, 15) is 9.90 Å². The number of carbonyl (C=O) groups excluding carboxylic acids is 1. The van der Waals surface area contributed by atoms with Crippen LogP contribution in [0.5, 0.6) is 0 Å². The Balaban J connectivity index is 1.67. The fourth-order valence-electron chi connectivity index (χ4n) is 3.00. The second-order valence-electron chi connectivity index (χ2n) is 5.68. The highest BCUT2D eigenvalue weighted by molar-refractivity contribution is 5.87. The molecule has 102 valence electrons. The number of benzene rings is 1. The molecule has 2 heterocycles. The molecule has 3 rings (SSSR count). The van der Waals surface area contributed by atoms with Crippen molar-refractivity contribution in [2.45, 2.75) is 31.9 Å². The van der Waals surface area contributed by atoms with Gasteiger partial charge in [-0.05, 0) is 24.0 Å². The number of nitrogens with zero attached hydrogens (tertiary/aromatic N) is 1. The molecule has 0 saturated carbocycles. The monoisotopic (exact) mass is 260 g/mol. The highest BCUT2D eigenvalue weighted by Crippen LogP contribution is 2.27. The molecule has 4 heteroatoms. The maximum atomic E-state index is 12.5. The van der Waals surface area contributed by atoms with Crippen molar-refractivity contribution < 1.29 is 9.90 Å². The molecular weight excluding hydrogens is 240 g/mol. The molecule has 2 aliphatic rings. The molecule has 19 heavy (non-hydrogen) atoms. The minimum Gasteiger partial charge on any atom is -0.393 e. The highest BCUT2D eigenvalue weighted by Gasteiger charge is 2.33. The average Bonchev–Trinajstić information content (AvgIpc) is 2.85. The van der Waals surface area contributed by atoms with Crippen LogP contribution in [-0.4, -0.2) is 41.1 Å². The maximum absolute atomic E-state index is 12.5. The van der Waals surface area contributed by atoms with Gasteiger partial charge in [0.15, 0.2) is 0 Å². The minimum atomic E-state index is -0.266. The molecular formula is C15H20N2O2. The topological polar surface area (TPSA) is 52.6 Å². The zero-order chi connectivity index (χ0) is 13.4. The number of rotatable bonds is 1. The largest absolute Gasteiger partial charge is 0.393 e. The zero-order valence-corrected chi connectivity index (χ0v) is 11.2. The number of nitrogens with one attached hydrogen (secondary N) is 1. The van der Waals surface area contributed by atoms with Crippen molar-refractivity contribution in [3.63, 3.8) is 0 Å². The third-order valence-corrected chi connectivity index (χ3v) is 4.24. The summed E-state index contributed by atoms with van der Waals surface area (Å²) in [5, 5.41) is 13.0. The van der Waals surface area contributed by atoms with Crippen molar-refractivity contribution in [2.75, 3.05) is 18.4 Å². The lowest BCUT2D eigenvalue weighted by Crippen LogP contribution is -2.49. The number of hydrogen-bond donors (Lipinski definition) is 2. The molecule has 1 saturated heterocycles. The summed E-state index contributed by atoms with van der Waals surface area (Å²) in [6.07, 6.45) is 1.19. The smallest absolute Gasteiger partial charge is 0.245 e. The number of aliphatic hydroxyl groups excluding tert-OH is 1. The summed E-state index contributed by atoms with van der Waals surface area (Å²) in [5.41, 5.74) is 2.29. The Kier molecular flexibility index (Phi) is 3.19. The Labute approximate surface area is 113 Å². The summed E-state index contributed by atoms with van der Waals surface area (Å²) >= 11 is 0.